The van der Waals surface area contributed by atoms with Gasteiger partial charge in [-0.2, -0.15) is 0 Å². The van der Waals surface area contributed by atoms with Crippen molar-refractivity contribution in [3.8, 4) is 0 Å². The summed E-state index contributed by atoms with van der Waals surface area (Å²) in [5, 5.41) is 5.92. The fraction of sp³-hybridized carbons (Fsp3) is 0.333. The van der Waals surface area contributed by atoms with Crippen molar-refractivity contribution in [2.75, 3.05) is 18.4 Å². The van der Waals surface area contributed by atoms with E-state index in [4.69, 9.17) is 5.73 Å². The van der Waals surface area contributed by atoms with E-state index in [9.17, 15) is 9.59 Å². The molecule has 2 aromatic rings. The normalized spacial score (nSPS) is 15.8. The van der Waals surface area contributed by atoms with Crippen molar-refractivity contribution in [2.45, 2.75) is 31.3 Å². The van der Waals surface area contributed by atoms with E-state index in [1.807, 2.05) is 60.7 Å². The number of nitrogens with one attached hydrogen (secondary N) is 2. The largest absolute Gasteiger partial charge is 0.352 e. The number of urea groups is 1. The van der Waals surface area contributed by atoms with Gasteiger partial charge >= 0.3 is 6.03 Å². The number of hydrogen-bond acceptors (Lipinski definition) is 3. The highest BCUT2D eigenvalue weighted by Crippen LogP contribution is 2.13. The first-order valence-corrected chi connectivity index (χ1v) is 9.32. The average Bonchev–Trinajstić information content (AvgIpc) is 2.70. The molecule has 1 saturated heterocycles. The Balaban J connectivity index is 1.42. The summed E-state index contributed by atoms with van der Waals surface area (Å²) in [6.07, 6.45) is 1.98. The van der Waals surface area contributed by atoms with Crippen molar-refractivity contribution >= 4 is 17.6 Å². The lowest BCUT2D eigenvalue weighted by Crippen LogP contribution is -2.51. The summed E-state index contributed by atoms with van der Waals surface area (Å²) in [5.74, 6) is -0.133. The maximum absolute atomic E-state index is 12.3. The Morgan fingerprint density at radius 3 is 2.22 bits per heavy atom. The van der Waals surface area contributed by atoms with Crippen LogP contribution in [-0.2, 0) is 11.2 Å². The van der Waals surface area contributed by atoms with Crippen LogP contribution in [0.15, 0.2) is 60.7 Å². The molecular weight excluding hydrogens is 340 g/mol. The molecule has 1 aliphatic rings. The molecule has 3 amide bonds. The molecule has 27 heavy (non-hydrogen) atoms. The Morgan fingerprint density at radius 1 is 1.00 bits per heavy atom. The summed E-state index contributed by atoms with van der Waals surface area (Å²) in [4.78, 5) is 26.4. The molecule has 4 N–H and O–H groups in total. The molecule has 0 aromatic heterocycles. The fourth-order valence-electron chi connectivity index (χ4n) is 3.22. The molecule has 0 unspecified atom stereocenters. The van der Waals surface area contributed by atoms with Crippen molar-refractivity contribution in [1.29, 1.82) is 0 Å². The Labute approximate surface area is 159 Å². The number of carbonyl (C=O) groups is 2. The van der Waals surface area contributed by atoms with Crippen LogP contribution in [0.3, 0.4) is 0 Å². The summed E-state index contributed by atoms with van der Waals surface area (Å²) in [7, 11) is 0. The molecule has 3 rings (SSSR count). The summed E-state index contributed by atoms with van der Waals surface area (Å²) in [5.41, 5.74) is 7.87. The predicted octanol–water partition coefficient (Wildman–Crippen LogP) is 2.37. The Hall–Kier alpha value is -2.86. The molecule has 6 nitrogen and oxygen atoms in total. The van der Waals surface area contributed by atoms with E-state index < -0.39 is 6.04 Å². The van der Waals surface area contributed by atoms with Crippen molar-refractivity contribution in [1.82, 2.24) is 10.2 Å². The quantitative estimate of drug-likeness (QED) is 0.759. The number of benzene rings is 2. The molecule has 1 heterocycles. The van der Waals surface area contributed by atoms with E-state index >= 15 is 0 Å². The first-order valence-electron chi connectivity index (χ1n) is 9.32. The smallest absolute Gasteiger partial charge is 0.321 e. The Kier molecular flexibility index (Phi) is 6.44. The van der Waals surface area contributed by atoms with Gasteiger partial charge in [0, 0.05) is 24.8 Å². The second-order valence-electron chi connectivity index (χ2n) is 6.86. The zero-order valence-electron chi connectivity index (χ0n) is 15.3. The summed E-state index contributed by atoms with van der Waals surface area (Å²) >= 11 is 0. The van der Waals surface area contributed by atoms with Crippen LogP contribution < -0.4 is 16.4 Å². The fourth-order valence-corrected chi connectivity index (χ4v) is 3.22. The van der Waals surface area contributed by atoms with Crippen LogP contribution in [0.5, 0.6) is 0 Å². The lowest BCUT2D eigenvalue weighted by molar-refractivity contribution is -0.123. The number of amides is 3. The highest BCUT2D eigenvalue weighted by Gasteiger charge is 2.25. The molecule has 2 aromatic carbocycles. The van der Waals surface area contributed by atoms with Gasteiger partial charge in [0.15, 0.2) is 0 Å². The maximum Gasteiger partial charge on any atom is 0.321 e. The lowest BCUT2D eigenvalue weighted by atomic mass is 10.0. The third-order valence-corrected chi connectivity index (χ3v) is 4.79. The minimum Gasteiger partial charge on any atom is -0.352 e. The molecule has 0 aliphatic carbocycles. The van der Waals surface area contributed by atoms with Gasteiger partial charge in [-0.1, -0.05) is 48.5 Å². The van der Waals surface area contributed by atoms with Gasteiger partial charge in [0.1, 0.15) is 0 Å². The SMILES string of the molecule is N[C@@H](Cc1ccccc1)C(=O)NC1CCN(C(=O)Nc2ccccc2)CC1. The molecule has 142 valence electrons. The maximum atomic E-state index is 12.3. The van der Waals surface area contributed by atoms with E-state index in [1.165, 1.54) is 0 Å². The Bertz CT molecular complexity index is 743. The summed E-state index contributed by atoms with van der Waals surface area (Å²) in [6, 6.07) is 18.5. The number of anilines is 1. The number of nitrogens with two attached hydrogens (primary N) is 1. The Morgan fingerprint density at radius 2 is 1.59 bits per heavy atom. The van der Waals surface area contributed by atoms with Gasteiger partial charge in [-0.3, -0.25) is 4.79 Å². The number of nitrogens with zero attached hydrogens (tertiary/aromatic N) is 1. The topological polar surface area (TPSA) is 87.5 Å². The van der Waals surface area contributed by atoms with Crippen molar-refractivity contribution in [3.05, 3.63) is 66.2 Å². The number of likely N-dealkylation sites (tertiary alicyclic amines) is 1. The zero-order valence-corrected chi connectivity index (χ0v) is 15.3. The lowest BCUT2D eigenvalue weighted by Gasteiger charge is -2.32. The standard InChI is InChI=1S/C21H26N4O2/c22-19(15-16-7-3-1-4-8-16)20(26)23-18-11-13-25(14-12-18)21(27)24-17-9-5-2-6-10-17/h1-10,18-19H,11-15,22H2,(H,23,26)(H,24,27)/t19-/m0/s1. The molecule has 1 atom stereocenters. The average molecular weight is 366 g/mol. The van der Waals surface area contributed by atoms with E-state index in [0.29, 0.717) is 19.5 Å². The van der Waals surface area contributed by atoms with Crippen molar-refractivity contribution in [3.63, 3.8) is 0 Å². The second-order valence-corrected chi connectivity index (χ2v) is 6.86. The first kappa shape index (κ1) is 18.9. The molecule has 0 saturated carbocycles. The minimum absolute atomic E-state index is 0.0556. The van der Waals surface area contributed by atoms with Gasteiger partial charge in [0.25, 0.3) is 0 Å². The second kappa shape index (κ2) is 9.19. The van der Waals surface area contributed by atoms with Gasteiger partial charge < -0.3 is 21.3 Å². The van der Waals surface area contributed by atoms with Crippen molar-refractivity contribution < 1.29 is 9.59 Å². The third kappa shape index (κ3) is 5.56. The number of rotatable bonds is 5. The van der Waals surface area contributed by atoms with Crippen LogP contribution in [0.2, 0.25) is 0 Å². The predicted molar refractivity (Wildman–Crippen MR) is 106 cm³/mol. The van der Waals surface area contributed by atoms with Gasteiger partial charge in [0.2, 0.25) is 5.91 Å². The third-order valence-electron chi connectivity index (χ3n) is 4.79. The molecule has 1 aliphatic heterocycles. The van der Waals surface area contributed by atoms with E-state index in [-0.39, 0.29) is 18.0 Å². The zero-order chi connectivity index (χ0) is 19.1. The summed E-state index contributed by atoms with van der Waals surface area (Å²) in [6.45, 7) is 1.22. The van der Waals surface area contributed by atoms with E-state index in [0.717, 1.165) is 24.1 Å². The van der Waals surface area contributed by atoms with Gasteiger partial charge in [-0.05, 0) is 37.0 Å². The summed E-state index contributed by atoms with van der Waals surface area (Å²) < 4.78 is 0. The highest BCUT2D eigenvalue weighted by atomic mass is 16.2. The van der Waals surface area contributed by atoms with E-state index in [2.05, 4.69) is 10.6 Å². The number of carbonyl (C=O) groups excluding carboxylic acids is 2. The van der Waals surface area contributed by atoms with Crippen LogP contribution in [0.1, 0.15) is 18.4 Å². The number of hydrogen-bond donors (Lipinski definition) is 3. The van der Waals surface area contributed by atoms with Crippen LogP contribution in [0, 0.1) is 0 Å². The number of para-hydroxylation sites is 1. The van der Waals surface area contributed by atoms with Crippen LogP contribution in [0.4, 0.5) is 10.5 Å². The van der Waals surface area contributed by atoms with Crippen molar-refractivity contribution in [2.24, 2.45) is 5.73 Å². The van der Waals surface area contributed by atoms with Gasteiger partial charge in [-0.15, -0.1) is 0 Å². The number of piperidine rings is 1. The molecule has 1 fully saturated rings. The van der Waals surface area contributed by atoms with Crippen LogP contribution >= 0.6 is 0 Å². The van der Waals surface area contributed by atoms with Crippen LogP contribution in [-0.4, -0.2) is 42.0 Å². The molecule has 6 heteroatoms. The van der Waals surface area contributed by atoms with Gasteiger partial charge in [-0.25, -0.2) is 4.79 Å². The molecule has 0 spiro atoms. The highest BCUT2D eigenvalue weighted by molar-refractivity contribution is 5.89. The monoisotopic (exact) mass is 366 g/mol. The molecule has 0 bridgehead atoms. The molecular formula is C21H26N4O2. The van der Waals surface area contributed by atoms with Gasteiger partial charge in [0.05, 0.1) is 6.04 Å². The molecule has 0 radical (unpaired) electrons. The van der Waals surface area contributed by atoms with Crippen LogP contribution in [0.25, 0.3) is 0 Å². The van der Waals surface area contributed by atoms with E-state index in [1.54, 1.807) is 4.90 Å². The minimum atomic E-state index is -0.563. The first-order chi connectivity index (χ1) is 13.1.